The van der Waals surface area contributed by atoms with Gasteiger partial charge in [0.15, 0.2) is 0 Å². The smallest absolute Gasteiger partial charge is 0.236 e. The zero-order chi connectivity index (χ0) is 13.0. The van der Waals surface area contributed by atoms with Gasteiger partial charge in [0.25, 0.3) is 0 Å². The molecule has 2 rings (SSSR count). The highest BCUT2D eigenvalue weighted by Gasteiger charge is 2.23. The average molecular weight is 393 g/mol. The quantitative estimate of drug-likeness (QED) is 0.739. The fraction of sp³-hybridized carbons (Fsp3) is 0.538. The lowest BCUT2D eigenvalue weighted by atomic mass is 10.2. The Morgan fingerprint density at radius 1 is 1.37 bits per heavy atom. The molecule has 0 aromatic carbocycles. The van der Waals surface area contributed by atoms with E-state index in [9.17, 15) is 4.79 Å². The third-order valence-electron chi connectivity index (χ3n) is 3.14. The molecule has 1 amide bonds. The molecule has 1 saturated heterocycles. The molecule has 1 unspecified atom stereocenters. The number of amides is 1. The molecule has 0 saturated carbocycles. The van der Waals surface area contributed by atoms with Gasteiger partial charge in [0.1, 0.15) is 0 Å². The number of aromatic nitrogens is 1. The first-order valence-electron chi connectivity index (χ1n) is 6.22. The van der Waals surface area contributed by atoms with Gasteiger partial charge in [-0.25, -0.2) is 0 Å². The lowest BCUT2D eigenvalue weighted by Gasteiger charge is -2.35. The molecule has 106 valence electrons. The van der Waals surface area contributed by atoms with E-state index in [-0.39, 0.29) is 27.7 Å². The molecular weight excluding hydrogens is 374 g/mol. The molecule has 0 bridgehead atoms. The van der Waals surface area contributed by atoms with Gasteiger partial charge in [-0.2, -0.15) is 0 Å². The summed E-state index contributed by atoms with van der Waals surface area (Å²) >= 11 is 3.33. The van der Waals surface area contributed by atoms with Crippen LogP contribution in [0.5, 0.6) is 0 Å². The third kappa shape index (κ3) is 4.85. The Morgan fingerprint density at radius 3 is 2.58 bits per heavy atom. The van der Waals surface area contributed by atoms with Gasteiger partial charge in [0.2, 0.25) is 5.91 Å². The van der Waals surface area contributed by atoms with Crippen molar-refractivity contribution in [2.24, 2.45) is 0 Å². The van der Waals surface area contributed by atoms with Gasteiger partial charge >= 0.3 is 0 Å². The molecule has 2 heterocycles. The molecule has 19 heavy (non-hydrogen) atoms. The van der Waals surface area contributed by atoms with Gasteiger partial charge in [0.05, 0.1) is 10.5 Å². The van der Waals surface area contributed by atoms with Crippen LogP contribution in [0.15, 0.2) is 24.4 Å². The van der Waals surface area contributed by atoms with E-state index >= 15 is 0 Å². The van der Waals surface area contributed by atoms with Gasteiger partial charge in [-0.05, 0) is 19.1 Å². The van der Waals surface area contributed by atoms with E-state index < -0.39 is 0 Å². The van der Waals surface area contributed by atoms with E-state index in [1.54, 1.807) is 0 Å². The molecule has 1 aromatic heterocycles. The topological polar surface area (TPSA) is 36.4 Å². The van der Waals surface area contributed by atoms with Crippen LogP contribution in [-0.4, -0.2) is 51.7 Å². The van der Waals surface area contributed by atoms with Gasteiger partial charge in [-0.15, -0.1) is 17.0 Å². The molecule has 1 aromatic rings. The Morgan fingerprint density at radius 2 is 2.05 bits per heavy atom. The molecular formula is C13H19Br2N3O. The van der Waals surface area contributed by atoms with Crippen LogP contribution >= 0.6 is 32.9 Å². The first-order chi connectivity index (χ1) is 8.66. The van der Waals surface area contributed by atoms with Crippen LogP contribution in [0, 0.1) is 0 Å². The minimum Gasteiger partial charge on any atom is -0.339 e. The second-order valence-corrected chi connectivity index (χ2v) is 5.91. The maximum atomic E-state index is 11.8. The van der Waals surface area contributed by atoms with Crippen molar-refractivity contribution in [1.29, 1.82) is 0 Å². The van der Waals surface area contributed by atoms with Crippen molar-refractivity contribution >= 4 is 38.8 Å². The molecule has 6 heteroatoms. The number of carbonyl (C=O) groups is 1. The van der Waals surface area contributed by atoms with Crippen molar-refractivity contribution < 1.29 is 4.79 Å². The summed E-state index contributed by atoms with van der Waals surface area (Å²) in [4.78, 5) is 20.3. The largest absolute Gasteiger partial charge is 0.339 e. The van der Waals surface area contributed by atoms with E-state index in [0.717, 1.165) is 38.4 Å². The molecule has 1 fully saturated rings. The normalized spacial score (nSPS) is 17.7. The first kappa shape index (κ1) is 16.6. The standard InChI is InChI=1S/C13H18BrN3O.BrH/c1-11(14)13(18)17-8-6-16(7-9-17)10-12-4-2-3-5-15-12;/h2-5,11H,6-10H2,1H3;1H. The summed E-state index contributed by atoms with van der Waals surface area (Å²) in [6.45, 7) is 6.20. The monoisotopic (exact) mass is 391 g/mol. The number of hydrogen-bond acceptors (Lipinski definition) is 3. The number of piperazine rings is 1. The fourth-order valence-electron chi connectivity index (χ4n) is 2.10. The molecule has 0 radical (unpaired) electrons. The van der Waals surface area contributed by atoms with Crippen molar-refractivity contribution in [2.75, 3.05) is 26.2 Å². The maximum absolute atomic E-state index is 11.8. The Hall–Kier alpha value is -0.460. The highest BCUT2D eigenvalue weighted by Crippen LogP contribution is 2.10. The molecule has 0 aliphatic carbocycles. The maximum Gasteiger partial charge on any atom is 0.236 e. The van der Waals surface area contributed by atoms with Crippen LogP contribution in [-0.2, 0) is 11.3 Å². The summed E-state index contributed by atoms with van der Waals surface area (Å²) in [6.07, 6.45) is 1.82. The highest BCUT2D eigenvalue weighted by molar-refractivity contribution is 9.10. The van der Waals surface area contributed by atoms with E-state index in [1.165, 1.54) is 0 Å². The summed E-state index contributed by atoms with van der Waals surface area (Å²) in [7, 11) is 0. The van der Waals surface area contributed by atoms with Crippen molar-refractivity contribution in [3.05, 3.63) is 30.1 Å². The van der Waals surface area contributed by atoms with Crippen LogP contribution in [0.2, 0.25) is 0 Å². The van der Waals surface area contributed by atoms with Crippen LogP contribution < -0.4 is 0 Å². The summed E-state index contributed by atoms with van der Waals surface area (Å²) in [5, 5.41) is 0. The predicted molar refractivity (Wildman–Crippen MR) is 84.8 cm³/mol. The van der Waals surface area contributed by atoms with Crippen LogP contribution in [0.1, 0.15) is 12.6 Å². The Balaban J connectivity index is 0.00000180. The minimum atomic E-state index is -0.0835. The van der Waals surface area contributed by atoms with Crippen molar-refractivity contribution in [2.45, 2.75) is 18.3 Å². The van der Waals surface area contributed by atoms with E-state index in [2.05, 4.69) is 25.8 Å². The van der Waals surface area contributed by atoms with Gasteiger partial charge < -0.3 is 4.90 Å². The zero-order valence-corrected chi connectivity index (χ0v) is 14.3. The number of hydrogen-bond donors (Lipinski definition) is 0. The fourth-order valence-corrected chi connectivity index (χ4v) is 2.39. The molecule has 1 aliphatic heterocycles. The lowest BCUT2D eigenvalue weighted by Crippen LogP contribution is -2.49. The van der Waals surface area contributed by atoms with E-state index in [4.69, 9.17) is 0 Å². The number of rotatable bonds is 3. The Labute approximate surface area is 133 Å². The first-order valence-corrected chi connectivity index (χ1v) is 7.13. The molecule has 0 spiro atoms. The molecule has 4 nitrogen and oxygen atoms in total. The third-order valence-corrected chi connectivity index (χ3v) is 3.53. The average Bonchev–Trinajstić information content (AvgIpc) is 2.40. The van der Waals surface area contributed by atoms with Crippen molar-refractivity contribution in [3.8, 4) is 0 Å². The summed E-state index contributed by atoms with van der Waals surface area (Å²) in [6, 6.07) is 5.98. The van der Waals surface area contributed by atoms with Crippen molar-refractivity contribution in [1.82, 2.24) is 14.8 Å². The van der Waals surface area contributed by atoms with Crippen LogP contribution in [0.3, 0.4) is 0 Å². The Bertz CT molecular complexity index is 392. The number of pyridine rings is 1. The van der Waals surface area contributed by atoms with Gasteiger partial charge in [-0.3, -0.25) is 14.7 Å². The van der Waals surface area contributed by atoms with E-state index in [0.29, 0.717) is 0 Å². The Kier molecular flexibility index (Phi) is 6.96. The second-order valence-electron chi connectivity index (χ2n) is 4.54. The lowest BCUT2D eigenvalue weighted by molar-refractivity contribution is -0.131. The molecule has 0 N–H and O–H groups in total. The number of nitrogens with zero attached hydrogens (tertiary/aromatic N) is 3. The number of halogens is 2. The van der Waals surface area contributed by atoms with Crippen molar-refractivity contribution in [3.63, 3.8) is 0 Å². The van der Waals surface area contributed by atoms with Gasteiger partial charge in [0, 0.05) is 38.9 Å². The SMILES string of the molecule is Br.CC(Br)C(=O)N1CCN(Cc2ccccn2)CC1. The predicted octanol–water partition coefficient (Wildman–Crippen LogP) is 2.09. The summed E-state index contributed by atoms with van der Waals surface area (Å²) < 4.78 is 0. The van der Waals surface area contributed by atoms with E-state index in [1.807, 2.05) is 36.2 Å². The summed E-state index contributed by atoms with van der Waals surface area (Å²) in [5.41, 5.74) is 1.09. The second kappa shape index (κ2) is 7.97. The highest BCUT2D eigenvalue weighted by atomic mass is 79.9. The van der Waals surface area contributed by atoms with Crippen LogP contribution in [0.4, 0.5) is 0 Å². The summed E-state index contributed by atoms with van der Waals surface area (Å²) in [5.74, 6) is 0.187. The number of carbonyl (C=O) groups excluding carboxylic acids is 1. The zero-order valence-electron chi connectivity index (χ0n) is 11.0. The minimum absolute atomic E-state index is 0. The van der Waals surface area contributed by atoms with Crippen LogP contribution in [0.25, 0.3) is 0 Å². The van der Waals surface area contributed by atoms with Gasteiger partial charge in [-0.1, -0.05) is 22.0 Å². The molecule has 1 aliphatic rings. The number of alkyl halides is 1. The molecule has 1 atom stereocenters.